The van der Waals surface area contributed by atoms with Gasteiger partial charge in [0.15, 0.2) is 0 Å². The number of H-pyrrole nitrogens is 1. The summed E-state index contributed by atoms with van der Waals surface area (Å²) in [6, 6.07) is 17.9. The van der Waals surface area contributed by atoms with E-state index in [0.29, 0.717) is 0 Å². The minimum absolute atomic E-state index is 0.0579. The summed E-state index contributed by atoms with van der Waals surface area (Å²) in [6.45, 7) is 1.75. The number of halogens is 1. The van der Waals surface area contributed by atoms with E-state index in [1.54, 1.807) is 6.07 Å². The van der Waals surface area contributed by atoms with Crippen LogP contribution in [0.4, 0.5) is 0 Å². The summed E-state index contributed by atoms with van der Waals surface area (Å²) >= 11 is 3.48. The third-order valence-electron chi connectivity index (χ3n) is 3.60. The largest absolute Gasteiger partial charge is 0.322 e. The van der Waals surface area contributed by atoms with E-state index < -0.39 is 0 Å². The smallest absolute Gasteiger partial charge is 0.248 e. The molecule has 0 aliphatic heterocycles. The van der Waals surface area contributed by atoms with Crippen molar-refractivity contribution in [2.24, 2.45) is 0 Å². The van der Waals surface area contributed by atoms with Crippen molar-refractivity contribution in [2.45, 2.75) is 13.0 Å². The van der Waals surface area contributed by atoms with Crippen LogP contribution in [-0.2, 0) is 13.0 Å². The van der Waals surface area contributed by atoms with Crippen molar-refractivity contribution in [2.75, 3.05) is 6.54 Å². The number of hydrogen-bond acceptors (Lipinski definition) is 2. The van der Waals surface area contributed by atoms with Gasteiger partial charge in [-0.1, -0.05) is 40.2 Å². The average Bonchev–Trinajstić information content (AvgIpc) is 2.51. The van der Waals surface area contributed by atoms with Crippen LogP contribution in [0.2, 0.25) is 0 Å². The van der Waals surface area contributed by atoms with Crippen LogP contribution in [0.15, 0.2) is 63.9 Å². The summed E-state index contributed by atoms with van der Waals surface area (Å²) in [6.07, 6.45) is 0.931. The Balaban J connectivity index is 1.58. The molecule has 0 saturated heterocycles. The molecule has 22 heavy (non-hydrogen) atoms. The predicted octanol–water partition coefficient (Wildman–Crippen LogP) is 3.62. The van der Waals surface area contributed by atoms with Crippen LogP contribution in [-0.4, -0.2) is 11.5 Å². The zero-order valence-electron chi connectivity index (χ0n) is 12.1. The van der Waals surface area contributed by atoms with Gasteiger partial charge in [0.05, 0.1) is 0 Å². The predicted molar refractivity (Wildman–Crippen MR) is 94.1 cm³/mol. The number of nitrogens with one attached hydrogen (secondary N) is 2. The van der Waals surface area contributed by atoms with E-state index in [1.807, 2.05) is 18.2 Å². The first-order valence-electron chi connectivity index (χ1n) is 7.28. The molecule has 112 valence electrons. The van der Waals surface area contributed by atoms with Crippen molar-refractivity contribution in [3.63, 3.8) is 0 Å². The molecular formula is C18H17BrN2O. The molecule has 0 spiro atoms. The lowest BCUT2D eigenvalue weighted by Gasteiger charge is -2.07. The molecule has 0 aliphatic rings. The van der Waals surface area contributed by atoms with Crippen LogP contribution in [0.25, 0.3) is 10.9 Å². The summed E-state index contributed by atoms with van der Waals surface area (Å²) in [4.78, 5) is 14.2. The lowest BCUT2D eigenvalue weighted by molar-refractivity contribution is 0.687. The standard InChI is InChI=1S/C18H17BrN2O/c19-16-3-1-2-14(10-16)12-20-9-8-13-4-5-15-6-7-18(22)21-17(15)11-13/h1-7,10-11,20H,8-9,12H2,(H,21,22). The molecule has 0 radical (unpaired) electrons. The molecule has 0 amide bonds. The highest BCUT2D eigenvalue weighted by molar-refractivity contribution is 9.10. The summed E-state index contributed by atoms with van der Waals surface area (Å²) < 4.78 is 1.10. The zero-order valence-corrected chi connectivity index (χ0v) is 13.7. The van der Waals surface area contributed by atoms with Gasteiger partial charge in [-0.25, -0.2) is 0 Å². The summed E-state index contributed by atoms with van der Waals surface area (Å²) in [5.74, 6) is 0. The van der Waals surface area contributed by atoms with Crippen LogP contribution in [0.5, 0.6) is 0 Å². The van der Waals surface area contributed by atoms with E-state index in [1.165, 1.54) is 11.1 Å². The van der Waals surface area contributed by atoms with Gasteiger partial charge in [0.2, 0.25) is 5.56 Å². The normalized spacial score (nSPS) is 11.0. The molecule has 2 N–H and O–H groups in total. The highest BCUT2D eigenvalue weighted by Crippen LogP contribution is 2.13. The number of rotatable bonds is 5. The highest BCUT2D eigenvalue weighted by Gasteiger charge is 1.99. The lowest BCUT2D eigenvalue weighted by atomic mass is 10.1. The van der Waals surface area contributed by atoms with Crippen LogP contribution >= 0.6 is 15.9 Å². The molecule has 3 aromatic rings. The van der Waals surface area contributed by atoms with Gasteiger partial charge >= 0.3 is 0 Å². The molecule has 3 nitrogen and oxygen atoms in total. The van der Waals surface area contributed by atoms with E-state index in [4.69, 9.17) is 0 Å². The second-order valence-corrected chi connectivity index (χ2v) is 6.22. The van der Waals surface area contributed by atoms with E-state index >= 15 is 0 Å². The molecule has 2 aromatic carbocycles. The molecule has 3 rings (SSSR count). The van der Waals surface area contributed by atoms with Crippen molar-refractivity contribution in [3.8, 4) is 0 Å². The SMILES string of the molecule is O=c1ccc2ccc(CCNCc3cccc(Br)c3)cc2[nH]1. The molecule has 1 heterocycles. The molecule has 0 aliphatic carbocycles. The van der Waals surface area contributed by atoms with Crippen LogP contribution < -0.4 is 10.9 Å². The molecule has 0 bridgehead atoms. The van der Waals surface area contributed by atoms with Crippen molar-refractivity contribution < 1.29 is 0 Å². The fourth-order valence-corrected chi connectivity index (χ4v) is 2.91. The monoisotopic (exact) mass is 356 g/mol. The fraction of sp³-hybridized carbons (Fsp3) is 0.167. The molecule has 1 aromatic heterocycles. The third-order valence-corrected chi connectivity index (χ3v) is 4.09. The molecule has 0 fully saturated rings. The average molecular weight is 357 g/mol. The minimum atomic E-state index is -0.0579. The van der Waals surface area contributed by atoms with E-state index in [9.17, 15) is 4.79 Å². The summed E-state index contributed by atoms with van der Waals surface area (Å²) in [7, 11) is 0. The van der Waals surface area contributed by atoms with Crippen LogP contribution in [0.3, 0.4) is 0 Å². The third kappa shape index (κ3) is 3.84. The van der Waals surface area contributed by atoms with Gasteiger partial charge in [-0.05, 0) is 53.7 Å². The summed E-state index contributed by atoms with van der Waals surface area (Å²) in [5, 5.41) is 4.50. The fourth-order valence-electron chi connectivity index (χ4n) is 2.46. The Hall–Kier alpha value is -1.91. The van der Waals surface area contributed by atoms with E-state index in [2.05, 4.69) is 56.6 Å². The number of fused-ring (bicyclic) bond motifs is 1. The second-order valence-electron chi connectivity index (χ2n) is 5.30. The van der Waals surface area contributed by atoms with Gasteiger partial charge in [0.25, 0.3) is 0 Å². The van der Waals surface area contributed by atoms with Crippen molar-refractivity contribution in [3.05, 3.63) is 80.6 Å². The Labute approximate surface area is 137 Å². The lowest BCUT2D eigenvalue weighted by Crippen LogP contribution is -2.16. The Morgan fingerprint density at radius 1 is 1.00 bits per heavy atom. The maximum absolute atomic E-state index is 11.4. The molecular weight excluding hydrogens is 340 g/mol. The Bertz CT molecular complexity index is 842. The maximum Gasteiger partial charge on any atom is 0.248 e. The molecule has 0 atom stereocenters. The summed E-state index contributed by atoms with van der Waals surface area (Å²) in [5.41, 5.74) is 3.32. The Kier molecular flexibility index (Phi) is 4.71. The van der Waals surface area contributed by atoms with Gasteiger partial charge < -0.3 is 10.3 Å². The van der Waals surface area contributed by atoms with Gasteiger partial charge in [-0.2, -0.15) is 0 Å². The first-order chi connectivity index (χ1) is 10.7. The number of hydrogen-bond donors (Lipinski definition) is 2. The van der Waals surface area contributed by atoms with Gasteiger partial charge in [0, 0.05) is 22.6 Å². The number of aromatic amines is 1. The molecule has 0 saturated carbocycles. The van der Waals surface area contributed by atoms with Crippen molar-refractivity contribution in [1.82, 2.24) is 10.3 Å². The molecule has 4 heteroatoms. The van der Waals surface area contributed by atoms with Gasteiger partial charge in [-0.3, -0.25) is 4.79 Å². The van der Waals surface area contributed by atoms with Crippen LogP contribution in [0, 0.1) is 0 Å². The van der Waals surface area contributed by atoms with Crippen molar-refractivity contribution in [1.29, 1.82) is 0 Å². The maximum atomic E-state index is 11.4. The quantitative estimate of drug-likeness (QED) is 0.685. The highest BCUT2D eigenvalue weighted by atomic mass is 79.9. The first-order valence-corrected chi connectivity index (χ1v) is 8.07. The second kappa shape index (κ2) is 6.90. The first kappa shape index (κ1) is 15.0. The van der Waals surface area contributed by atoms with Crippen LogP contribution in [0.1, 0.15) is 11.1 Å². The topological polar surface area (TPSA) is 44.9 Å². The number of pyridine rings is 1. The minimum Gasteiger partial charge on any atom is -0.322 e. The van der Waals surface area contributed by atoms with Crippen molar-refractivity contribution >= 4 is 26.8 Å². The number of aromatic nitrogens is 1. The van der Waals surface area contributed by atoms with Gasteiger partial charge in [-0.15, -0.1) is 0 Å². The van der Waals surface area contributed by atoms with E-state index in [0.717, 1.165) is 34.9 Å². The zero-order chi connectivity index (χ0) is 15.4. The Morgan fingerprint density at radius 2 is 1.86 bits per heavy atom. The number of benzene rings is 2. The van der Waals surface area contributed by atoms with E-state index in [-0.39, 0.29) is 5.56 Å². The molecule has 0 unspecified atom stereocenters. The Morgan fingerprint density at radius 3 is 2.73 bits per heavy atom. The van der Waals surface area contributed by atoms with Gasteiger partial charge in [0.1, 0.15) is 0 Å².